The third kappa shape index (κ3) is 7.59. The summed E-state index contributed by atoms with van der Waals surface area (Å²) >= 11 is 0. The van der Waals surface area contributed by atoms with Gasteiger partial charge in [0, 0.05) is 13.1 Å². The van der Waals surface area contributed by atoms with Crippen LogP contribution in [0, 0.1) is 0 Å². The van der Waals surface area contributed by atoms with Crippen LogP contribution >= 0.6 is 0 Å². The number of sulfone groups is 1. The van der Waals surface area contributed by atoms with E-state index in [1.54, 1.807) is 30.5 Å². The number of hydrogen-bond acceptors (Lipinski definition) is 5. The minimum absolute atomic E-state index is 0.0791. The Balaban J connectivity index is 3.04. The Morgan fingerprint density at radius 1 is 1.04 bits per heavy atom. The van der Waals surface area contributed by atoms with E-state index in [2.05, 4.69) is 6.92 Å². The Morgan fingerprint density at radius 2 is 1.70 bits per heavy atom. The second-order valence-corrected chi connectivity index (χ2v) is 8.02. The van der Waals surface area contributed by atoms with E-state index in [1.165, 1.54) is 18.2 Å². The van der Waals surface area contributed by atoms with Crippen LogP contribution in [-0.2, 0) is 19.4 Å². The first-order valence-corrected chi connectivity index (χ1v) is 11.0. The molecule has 0 saturated heterocycles. The number of nitrogens with zero attached hydrogens (tertiary/aromatic N) is 1. The summed E-state index contributed by atoms with van der Waals surface area (Å²) in [5.74, 6) is -0.806. The van der Waals surface area contributed by atoms with Crippen molar-refractivity contribution in [3.05, 3.63) is 53.6 Å². The number of esters is 1. The molecule has 0 aliphatic rings. The maximum Gasteiger partial charge on any atom is 0.350 e. The molecule has 0 radical (unpaired) electrons. The predicted octanol–water partition coefficient (Wildman–Crippen LogP) is 4.32. The molecule has 0 saturated carbocycles. The Hall–Kier alpha value is -2.08. The second kappa shape index (κ2) is 12.3. The number of benzene rings is 1. The summed E-state index contributed by atoms with van der Waals surface area (Å²) in [6, 6.07) is 7.95. The van der Waals surface area contributed by atoms with Crippen molar-refractivity contribution in [3.8, 4) is 0 Å². The zero-order chi connectivity index (χ0) is 20.1. The minimum Gasteiger partial charge on any atom is -0.462 e. The molecule has 0 amide bonds. The van der Waals surface area contributed by atoms with E-state index < -0.39 is 15.8 Å². The number of allylic oxidation sites excluding steroid dienone is 2. The van der Waals surface area contributed by atoms with E-state index in [9.17, 15) is 13.2 Å². The number of rotatable bonds is 12. The fourth-order valence-corrected chi connectivity index (χ4v) is 3.75. The van der Waals surface area contributed by atoms with Crippen LogP contribution < -0.4 is 0 Å². The molecule has 1 rings (SSSR count). The topological polar surface area (TPSA) is 63.7 Å². The largest absolute Gasteiger partial charge is 0.462 e. The van der Waals surface area contributed by atoms with Crippen LogP contribution in [0.5, 0.6) is 0 Å². The molecule has 1 aromatic carbocycles. The lowest BCUT2D eigenvalue weighted by Gasteiger charge is -2.14. The number of hydrogen-bond donors (Lipinski definition) is 0. The van der Waals surface area contributed by atoms with E-state index in [0.29, 0.717) is 0 Å². The van der Waals surface area contributed by atoms with Gasteiger partial charge < -0.3 is 9.64 Å². The van der Waals surface area contributed by atoms with E-state index in [1.807, 2.05) is 18.7 Å². The monoisotopic (exact) mass is 393 g/mol. The van der Waals surface area contributed by atoms with E-state index in [0.717, 1.165) is 38.8 Å². The quantitative estimate of drug-likeness (QED) is 0.229. The van der Waals surface area contributed by atoms with Gasteiger partial charge in [-0.1, -0.05) is 44.4 Å². The summed E-state index contributed by atoms with van der Waals surface area (Å²) in [6.07, 6.45) is 8.52. The lowest BCUT2D eigenvalue weighted by molar-refractivity contribution is -0.138. The van der Waals surface area contributed by atoms with Crippen molar-refractivity contribution in [3.63, 3.8) is 0 Å². The average Bonchev–Trinajstić information content (AvgIpc) is 2.68. The van der Waals surface area contributed by atoms with Crippen molar-refractivity contribution in [2.24, 2.45) is 0 Å². The Labute approximate surface area is 163 Å². The molecule has 0 aliphatic heterocycles. The van der Waals surface area contributed by atoms with Crippen LogP contribution in [0.2, 0.25) is 0 Å². The number of unbranched alkanes of at least 4 members (excludes halogenated alkanes) is 3. The van der Waals surface area contributed by atoms with Gasteiger partial charge in [0.2, 0.25) is 9.84 Å². The third-order valence-electron chi connectivity index (χ3n) is 4.13. The van der Waals surface area contributed by atoms with Gasteiger partial charge in [-0.2, -0.15) is 0 Å². The van der Waals surface area contributed by atoms with Crippen molar-refractivity contribution in [1.29, 1.82) is 0 Å². The first-order valence-electron chi connectivity index (χ1n) is 9.57. The third-order valence-corrected chi connectivity index (χ3v) is 5.91. The van der Waals surface area contributed by atoms with Gasteiger partial charge in [-0.25, -0.2) is 13.2 Å². The van der Waals surface area contributed by atoms with Crippen molar-refractivity contribution in [2.75, 3.05) is 19.7 Å². The van der Waals surface area contributed by atoms with Crippen LogP contribution in [-0.4, -0.2) is 39.0 Å². The summed E-state index contributed by atoms with van der Waals surface area (Å²) in [7, 11) is -3.94. The minimum atomic E-state index is -3.94. The highest BCUT2D eigenvalue weighted by molar-refractivity contribution is 7.96. The molecule has 0 atom stereocenters. The zero-order valence-corrected chi connectivity index (χ0v) is 17.4. The molecular weight excluding hydrogens is 362 g/mol. The van der Waals surface area contributed by atoms with Gasteiger partial charge in [-0.3, -0.25) is 0 Å². The van der Waals surface area contributed by atoms with Crippen molar-refractivity contribution < 1.29 is 17.9 Å². The van der Waals surface area contributed by atoms with Crippen LogP contribution in [0.25, 0.3) is 0 Å². The number of carbonyl (C=O) groups excluding carboxylic acids is 1. The molecule has 6 heteroatoms. The number of ether oxygens (including phenoxy) is 1. The fraction of sp³-hybridized carbons (Fsp3) is 0.476. The van der Waals surface area contributed by atoms with E-state index >= 15 is 0 Å². The standard InChI is InChI=1S/C21H31NO4S/c1-4-7-8-12-18-26-21(23)20(16-13-17-22(5-2)6-3)27(24,25)19-14-10-9-11-15-19/h9-11,13-17H,4-8,12,18H2,1-3H3/b17-13+,20-16-. The lowest BCUT2D eigenvalue weighted by Crippen LogP contribution is -2.18. The van der Waals surface area contributed by atoms with Gasteiger partial charge in [-0.05, 0) is 50.8 Å². The Bertz CT molecular complexity index is 720. The first-order chi connectivity index (χ1) is 13.0. The van der Waals surface area contributed by atoms with Gasteiger partial charge in [0.15, 0.2) is 4.91 Å². The molecule has 5 nitrogen and oxygen atoms in total. The fourth-order valence-electron chi connectivity index (χ4n) is 2.45. The Kier molecular flexibility index (Phi) is 10.5. The summed E-state index contributed by atoms with van der Waals surface area (Å²) in [5, 5.41) is 0. The van der Waals surface area contributed by atoms with Crippen LogP contribution in [0.15, 0.2) is 58.5 Å². The highest BCUT2D eigenvalue weighted by Gasteiger charge is 2.27. The zero-order valence-electron chi connectivity index (χ0n) is 16.6. The van der Waals surface area contributed by atoms with Crippen molar-refractivity contribution >= 4 is 15.8 Å². The van der Waals surface area contributed by atoms with Crippen molar-refractivity contribution in [1.82, 2.24) is 4.90 Å². The Morgan fingerprint density at radius 3 is 2.30 bits per heavy atom. The van der Waals surface area contributed by atoms with Gasteiger partial charge in [-0.15, -0.1) is 0 Å². The van der Waals surface area contributed by atoms with Crippen LogP contribution in [0.1, 0.15) is 46.5 Å². The molecule has 0 aliphatic carbocycles. The normalized spacial score (nSPS) is 12.3. The van der Waals surface area contributed by atoms with Crippen LogP contribution in [0.3, 0.4) is 0 Å². The molecule has 0 heterocycles. The highest BCUT2D eigenvalue weighted by Crippen LogP contribution is 2.20. The maximum absolute atomic E-state index is 12.9. The summed E-state index contributed by atoms with van der Waals surface area (Å²) < 4.78 is 31.0. The molecule has 150 valence electrons. The van der Waals surface area contributed by atoms with E-state index in [-0.39, 0.29) is 16.4 Å². The van der Waals surface area contributed by atoms with Gasteiger partial charge >= 0.3 is 5.97 Å². The molecule has 0 N–H and O–H groups in total. The molecule has 27 heavy (non-hydrogen) atoms. The lowest BCUT2D eigenvalue weighted by atomic mass is 10.2. The number of carbonyl (C=O) groups is 1. The van der Waals surface area contributed by atoms with E-state index in [4.69, 9.17) is 4.74 Å². The molecule has 1 aromatic rings. The molecular formula is C21H31NO4S. The van der Waals surface area contributed by atoms with Gasteiger partial charge in [0.1, 0.15) is 0 Å². The summed E-state index contributed by atoms with van der Waals surface area (Å²) in [4.78, 5) is 14.2. The SMILES string of the molecule is CCCCCCOC(=O)/C(=C/C=C/N(CC)CC)S(=O)(=O)c1ccccc1. The molecule has 0 bridgehead atoms. The summed E-state index contributed by atoms with van der Waals surface area (Å²) in [6.45, 7) is 7.92. The summed E-state index contributed by atoms with van der Waals surface area (Å²) in [5.41, 5.74) is 0. The molecule has 0 unspecified atom stereocenters. The van der Waals surface area contributed by atoms with Crippen LogP contribution in [0.4, 0.5) is 0 Å². The predicted molar refractivity (Wildman–Crippen MR) is 109 cm³/mol. The molecule has 0 spiro atoms. The van der Waals surface area contributed by atoms with Gasteiger partial charge in [0.25, 0.3) is 0 Å². The van der Waals surface area contributed by atoms with Crippen molar-refractivity contribution in [2.45, 2.75) is 51.3 Å². The highest BCUT2D eigenvalue weighted by atomic mass is 32.2. The molecule has 0 aromatic heterocycles. The average molecular weight is 394 g/mol. The maximum atomic E-state index is 12.9. The second-order valence-electron chi connectivity index (χ2n) is 6.11. The molecule has 0 fully saturated rings. The first kappa shape index (κ1) is 23.0. The smallest absolute Gasteiger partial charge is 0.350 e. The van der Waals surface area contributed by atoms with Gasteiger partial charge in [0.05, 0.1) is 11.5 Å².